The smallest absolute Gasteiger partial charge is 0.330 e. The van der Waals surface area contributed by atoms with Crippen molar-refractivity contribution < 1.29 is 14.3 Å². The predicted molar refractivity (Wildman–Crippen MR) is 74.6 cm³/mol. The molecule has 104 valence electrons. The number of esters is 1. The number of carbonyl (C=O) groups excluding carboxylic acids is 2. The molecule has 0 aliphatic carbocycles. The maximum Gasteiger partial charge on any atom is 0.330 e. The number of hydrogen-bond acceptors (Lipinski definition) is 4. The minimum atomic E-state index is -0.767. The number of methoxy groups -OCH3 is 1. The van der Waals surface area contributed by atoms with Gasteiger partial charge in [0.25, 0.3) is 0 Å². The van der Waals surface area contributed by atoms with E-state index in [4.69, 9.17) is 23.2 Å². The summed E-state index contributed by atoms with van der Waals surface area (Å²) in [6.45, 7) is 1.51. The highest BCUT2D eigenvalue weighted by molar-refractivity contribution is 6.42. The van der Waals surface area contributed by atoms with Crippen LogP contribution in [0.3, 0.4) is 0 Å². The van der Waals surface area contributed by atoms with E-state index in [0.29, 0.717) is 15.7 Å². The van der Waals surface area contributed by atoms with Crippen molar-refractivity contribution in [1.29, 1.82) is 0 Å². The number of nitrogens with one attached hydrogen (secondary N) is 2. The predicted octanol–water partition coefficient (Wildman–Crippen LogP) is 2.08. The Morgan fingerprint density at radius 2 is 2.00 bits per heavy atom. The van der Waals surface area contributed by atoms with Gasteiger partial charge in [-0.25, -0.2) is 4.79 Å². The first kappa shape index (κ1) is 15.6. The summed E-state index contributed by atoms with van der Waals surface area (Å²) in [5.74, 6) is -0.839. The Hall–Kier alpha value is -1.46. The van der Waals surface area contributed by atoms with E-state index in [1.807, 2.05) is 0 Å². The first-order chi connectivity index (χ1) is 8.93. The standard InChI is InChI=1S/C12H14Cl2N2O3/c1-7(17)16-11(12(18)19-2)6-15-8-3-4-9(13)10(14)5-8/h3-5,11,15H,6H2,1-2H3,(H,16,17). The van der Waals surface area contributed by atoms with Crippen LogP contribution in [0.5, 0.6) is 0 Å². The fourth-order valence-electron chi connectivity index (χ4n) is 1.41. The zero-order chi connectivity index (χ0) is 14.4. The minimum Gasteiger partial charge on any atom is -0.467 e. The number of benzene rings is 1. The van der Waals surface area contributed by atoms with E-state index in [0.717, 1.165) is 0 Å². The Bertz CT molecular complexity index is 480. The second-order valence-corrected chi connectivity index (χ2v) is 4.60. The molecular weight excluding hydrogens is 291 g/mol. The van der Waals surface area contributed by atoms with Gasteiger partial charge in [0.15, 0.2) is 0 Å². The Morgan fingerprint density at radius 1 is 1.32 bits per heavy atom. The van der Waals surface area contributed by atoms with Crippen LogP contribution < -0.4 is 10.6 Å². The highest BCUT2D eigenvalue weighted by atomic mass is 35.5. The summed E-state index contributed by atoms with van der Waals surface area (Å²) in [7, 11) is 1.26. The summed E-state index contributed by atoms with van der Waals surface area (Å²) in [6.07, 6.45) is 0. The van der Waals surface area contributed by atoms with E-state index in [1.165, 1.54) is 14.0 Å². The third kappa shape index (κ3) is 4.96. The molecule has 1 atom stereocenters. The molecule has 1 rings (SSSR count). The molecule has 0 heterocycles. The largest absolute Gasteiger partial charge is 0.467 e. The molecule has 7 heteroatoms. The van der Waals surface area contributed by atoms with Gasteiger partial charge in [0.2, 0.25) is 5.91 Å². The molecule has 0 aliphatic heterocycles. The lowest BCUT2D eigenvalue weighted by Crippen LogP contribution is -2.45. The molecule has 1 aromatic rings. The maximum atomic E-state index is 11.5. The topological polar surface area (TPSA) is 67.4 Å². The van der Waals surface area contributed by atoms with Gasteiger partial charge in [-0.2, -0.15) is 0 Å². The van der Waals surface area contributed by atoms with Gasteiger partial charge in [0.05, 0.1) is 17.2 Å². The molecule has 0 saturated carbocycles. The van der Waals surface area contributed by atoms with Gasteiger partial charge in [-0.15, -0.1) is 0 Å². The van der Waals surface area contributed by atoms with Crippen LogP contribution in [0.25, 0.3) is 0 Å². The Kier molecular flexibility index (Phi) is 5.92. The van der Waals surface area contributed by atoms with Crippen molar-refractivity contribution in [1.82, 2.24) is 5.32 Å². The first-order valence-electron chi connectivity index (χ1n) is 5.48. The highest BCUT2D eigenvalue weighted by Gasteiger charge is 2.19. The molecule has 2 N–H and O–H groups in total. The van der Waals surface area contributed by atoms with E-state index in [2.05, 4.69) is 15.4 Å². The van der Waals surface area contributed by atoms with Gasteiger partial charge in [-0.05, 0) is 18.2 Å². The molecule has 1 unspecified atom stereocenters. The van der Waals surface area contributed by atoms with Crippen LogP contribution in [0.1, 0.15) is 6.92 Å². The van der Waals surface area contributed by atoms with Gasteiger partial charge < -0.3 is 15.4 Å². The van der Waals surface area contributed by atoms with E-state index in [1.54, 1.807) is 18.2 Å². The maximum absolute atomic E-state index is 11.5. The zero-order valence-electron chi connectivity index (χ0n) is 10.5. The molecule has 1 amide bonds. The molecule has 0 aliphatic rings. The molecule has 1 aromatic carbocycles. The van der Waals surface area contributed by atoms with Crippen molar-refractivity contribution in [2.24, 2.45) is 0 Å². The van der Waals surface area contributed by atoms with Crippen molar-refractivity contribution in [3.8, 4) is 0 Å². The lowest BCUT2D eigenvalue weighted by molar-refractivity contribution is -0.144. The fourth-order valence-corrected chi connectivity index (χ4v) is 1.71. The van der Waals surface area contributed by atoms with Gasteiger partial charge in [-0.1, -0.05) is 23.2 Å². The molecule has 0 aromatic heterocycles. The quantitative estimate of drug-likeness (QED) is 0.817. The van der Waals surface area contributed by atoms with Crippen LogP contribution in [0, 0.1) is 0 Å². The second-order valence-electron chi connectivity index (χ2n) is 3.79. The number of ether oxygens (including phenoxy) is 1. The molecule has 0 spiro atoms. The van der Waals surface area contributed by atoms with Crippen molar-refractivity contribution >= 4 is 40.8 Å². The van der Waals surface area contributed by atoms with Gasteiger partial charge in [-0.3, -0.25) is 4.79 Å². The number of hydrogen-bond donors (Lipinski definition) is 2. The van der Waals surface area contributed by atoms with Crippen molar-refractivity contribution in [3.05, 3.63) is 28.2 Å². The number of carbonyl (C=O) groups is 2. The molecule has 0 saturated heterocycles. The molecular formula is C12H14Cl2N2O3. The molecule has 19 heavy (non-hydrogen) atoms. The molecule has 0 radical (unpaired) electrons. The van der Waals surface area contributed by atoms with Crippen molar-refractivity contribution in [2.45, 2.75) is 13.0 Å². The van der Waals surface area contributed by atoms with Crippen LogP contribution in [-0.4, -0.2) is 31.6 Å². The van der Waals surface area contributed by atoms with Gasteiger partial charge >= 0.3 is 5.97 Å². The lowest BCUT2D eigenvalue weighted by atomic mass is 10.2. The fraction of sp³-hybridized carbons (Fsp3) is 0.333. The number of amides is 1. The van der Waals surface area contributed by atoms with Gasteiger partial charge in [0, 0.05) is 19.2 Å². The molecule has 5 nitrogen and oxygen atoms in total. The average Bonchev–Trinajstić information content (AvgIpc) is 2.37. The Balaban J connectivity index is 2.67. The summed E-state index contributed by atoms with van der Waals surface area (Å²) in [5, 5.41) is 6.31. The molecule has 0 fully saturated rings. The number of anilines is 1. The second kappa shape index (κ2) is 7.21. The first-order valence-corrected chi connectivity index (χ1v) is 6.23. The van der Waals surface area contributed by atoms with Crippen molar-refractivity contribution in [3.63, 3.8) is 0 Å². The summed E-state index contributed by atoms with van der Waals surface area (Å²) in [6, 6.07) is 4.22. The Labute approximate surface area is 121 Å². The van der Waals surface area contributed by atoms with Crippen LogP contribution >= 0.6 is 23.2 Å². The van der Waals surface area contributed by atoms with Crippen LogP contribution in [0.15, 0.2) is 18.2 Å². The van der Waals surface area contributed by atoms with E-state index >= 15 is 0 Å². The summed E-state index contributed by atoms with van der Waals surface area (Å²) >= 11 is 11.7. The average molecular weight is 305 g/mol. The van der Waals surface area contributed by atoms with E-state index < -0.39 is 12.0 Å². The SMILES string of the molecule is COC(=O)C(CNc1ccc(Cl)c(Cl)c1)NC(C)=O. The van der Waals surface area contributed by atoms with Crippen molar-refractivity contribution in [2.75, 3.05) is 19.0 Å². The minimum absolute atomic E-state index is 0.185. The number of rotatable bonds is 5. The third-order valence-corrected chi connectivity index (χ3v) is 3.03. The number of halogens is 2. The molecule has 0 bridgehead atoms. The van der Waals surface area contributed by atoms with Crippen LogP contribution in [0.2, 0.25) is 10.0 Å². The Morgan fingerprint density at radius 3 is 2.53 bits per heavy atom. The van der Waals surface area contributed by atoms with Gasteiger partial charge in [0.1, 0.15) is 6.04 Å². The highest BCUT2D eigenvalue weighted by Crippen LogP contribution is 2.24. The third-order valence-electron chi connectivity index (χ3n) is 2.29. The zero-order valence-corrected chi connectivity index (χ0v) is 12.0. The summed E-state index contributed by atoms with van der Waals surface area (Å²) < 4.78 is 4.60. The summed E-state index contributed by atoms with van der Waals surface area (Å²) in [4.78, 5) is 22.5. The van der Waals surface area contributed by atoms with E-state index in [9.17, 15) is 9.59 Å². The van der Waals surface area contributed by atoms with Crippen LogP contribution in [-0.2, 0) is 14.3 Å². The van der Waals surface area contributed by atoms with Crippen LogP contribution in [0.4, 0.5) is 5.69 Å². The summed E-state index contributed by atoms with van der Waals surface area (Å²) in [5.41, 5.74) is 0.689. The monoisotopic (exact) mass is 304 g/mol. The lowest BCUT2D eigenvalue weighted by Gasteiger charge is -2.17. The van der Waals surface area contributed by atoms with E-state index in [-0.39, 0.29) is 12.5 Å². The normalized spacial score (nSPS) is 11.6.